The van der Waals surface area contributed by atoms with Gasteiger partial charge in [0.25, 0.3) is 0 Å². The van der Waals surface area contributed by atoms with Gasteiger partial charge in [-0.25, -0.2) is 0 Å². The van der Waals surface area contributed by atoms with Crippen LogP contribution < -0.4 is 9.47 Å². The number of hydrogen-bond donors (Lipinski definition) is 0. The standard InChI is InChI=1S/C34H24Cl2O5/c1-40-24-12-14-28-21(15-24)16-30(32(38)20-5-9-23(36)10-6-20)34(28)29(18-31(37)19-3-7-22(35)8-4-19)26-13-11-25(41-2)17-27(26)33(34)39/h3-17,29H,18H2,1-2H3/t29-,34-/m0/s1. The number of methoxy groups -OCH3 is 2. The monoisotopic (exact) mass is 582 g/mol. The Hall–Kier alpha value is -4.19. The fourth-order valence-corrected chi connectivity index (χ4v) is 6.40. The molecule has 7 heteroatoms. The Morgan fingerprint density at radius 3 is 2.00 bits per heavy atom. The van der Waals surface area contributed by atoms with Crippen molar-refractivity contribution >= 4 is 46.6 Å². The summed E-state index contributed by atoms with van der Waals surface area (Å²) in [5.74, 6) is -0.279. The van der Waals surface area contributed by atoms with Gasteiger partial charge in [0, 0.05) is 44.6 Å². The fraction of sp³-hybridized carbons (Fsp3) is 0.147. The molecule has 6 rings (SSSR count). The van der Waals surface area contributed by atoms with E-state index < -0.39 is 11.3 Å². The van der Waals surface area contributed by atoms with E-state index in [-0.39, 0.29) is 23.8 Å². The van der Waals surface area contributed by atoms with Crippen LogP contribution in [-0.4, -0.2) is 31.6 Å². The molecule has 0 unspecified atom stereocenters. The summed E-state index contributed by atoms with van der Waals surface area (Å²) in [5.41, 5.74) is 2.20. The minimum absolute atomic E-state index is 0.0105. The molecule has 2 atom stereocenters. The molecule has 0 amide bonds. The van der Waals surface area contributed by atoms with Crippen molar-refractivity contribution < 1.29 is 23.9 Å². The van der Waals surface area contributed by atoms with Gasteiger partial charge in [-0.05, 0) is 95.6 Å². The molecule has 0 aliphatic heterocycles. The van der Waals surface area contributed by atoms with Gasteiger partial charge in [-0.2, -0.15) is 0 Å². The van der Waals surface area contributed by atoms with Gasteiger partial charge in [-0.15, -0.1) is 0 Å². The van der Waals surface area contributed by atoms with Gasteiger partial charge in [-0.3, -0.25) is 14.4 Å². The third kappa shape index (κ3) is 4.28. The molecule has 0 fully saturated rings. The minimum Gasteiger partial charge on any atom is -0.497 e. The summed E-state index contributed by atoms with van der Waals surface area (Å²) < 4.78 is 10.9. The van der Waals surface area contributed by atoms with Crippen LogP contribution >= 0.6 is 23.2 Å². The second-order valence-electron chi connectivity index (χ2n) is 10.1. The molecule has 4 aromatic rings. The molecule has 0 saturated heterocycles. The van der Waals surface area contributed by atoms with Crippen LogP contribution in [-0.2, 0) is 5.41 Å². The van der Waals surface area contributed by atoms with E-state index in [1.54, 1.807) is 79.9 Å². The zero-order valence-corrected chi connectivity index (χ0v) is 23.8. The quantitative estimate of drug-likeness (QED) is 0.208. The Kier molecular flexibility index (Phi) is 6.80. The summed E-state index contributed by atoms with van der Waals surface area (Å²) in [4.78, 5) is 42.8. The smallest absolute Gasteiger partial charge is 0.190 e. The van der Waals surface area contributed by atoms with E-state index in [0.29, 0.717) is 60.5 Å². The van der Waals surface area contributed by atoms with Crippen molar-refractivity contribution in [1.29, 1.82) is 0 Å². The highest BCUT2D eigenvalue weighted by molar-refractivity contribution is 6.31. The summed E-state index contributed by atoms with van der Waals surface area (Å²) in [7, 11) is 3.09. The predicted octanol–water partition coefficient (Wildman–Crippen LogP) is 7.78. The highest BCUT2D eigenvalue weighted by Crippen LogP contribution is 2.60. The predicted molar refractivity (Wildman–Crippen MR) is 159 cm³/mol. The first-order valence-corrected chi connectivity index (χ1v) is 13.8. The minimum atomic E-state index is -1.44. The van der Waals surface area contributed by atoms with E-state index in [1.165, 1.54) is 7.11 Å². The summed E-state index contributed by atoms with van der Waals surface area (Å²) in [6.07, 6.45) is 1.75. The number of benzene rings is 4. The van der Waals surface area contributed by atoms with Crippen LogP contribution in [0.3, 0.4) is 0 Å². The van der Waals surface area contributed by atoms with Gasteiger partial charge in [-0.1, -0.05) is 35.3 Å². The highest BCUT2D eigenvalue weighted by Gasteiger charge is 2.61. The van der Waals surface area contributed by atoms with Crippen molar-refractivity contribution in [2.45, 2.75) is 17.8 Å². The number of fused-ring (bicyclic) bond motifs is 3. The molecular weight excluding hydrogens is 559 g/mol. The lowest BCUT2D eigenvalue weighted by molar-refractivity contribution is 0.0861. The van der Waals surface area contributed by atoms with Crippen LogP contribution in [0.5, 0.6) is 11.5 Å². The van der Waals surface area contributed by atoms with Crippen molar-refractivity contribution in [3.05, 3.63) is 134 Å². The lowest BCUT2D eigenvalue weighted by Gasteiger charge is -2.34. The zero-order valence-electron chi connectivity index (χ0n) is 22.2. The van der Waals surface area contributed by atoms with E-state index in [2.05, 4.69) is 0 Å². The average Bonchev–Trinajstić information content (AvgIpc) is 3.45. The number of halogens is 2. The maximum absolute atomic E-state index is 14.7. The van der Waals surface area contributed by atoms with Crippen molar-refractivity contribution in [3.8, 4) is 11.5 Å². The Labute approximate surface area is 247 Å². The summed E-state index contributed by atoms with van der Waals surface area (Å²) >= 11 is 12.2. The van der Waals surface area contributed by atoms with Crippen LogP contribution in [0.1, 0.15) is 60.1 Å². The maximum Gasteiger partial charge on any atom is 0.190 e. The normalized spacial score (nSPS) is 18.6. The SMILES string of the molecule is COc1ccc2c(c1)C=C(C(=O)c1ccc(Cl)cc1)[C@]21C(=O)c2cc(OC)ccc2[C@@H]1CC(=O)c1ccc(Cl)cc1. The molecule has 204 valence electrons. The van der Waals surface area contributed by atoms with Crippen LogP contribution in [0, 0.1) is 0 Å². The topological polar surface area (TPSA) is 69.7 Å². The molecular formula is C34H24Cl2O5. The van der Waals surface area contributed by atoms with Crippen molar-refractivity contribution in [2.24, 2.45) is 0 Å². The first-order valence-electron chi connectivity index (χ1n) is 13.0. The van der Waals surface area contributed by atoms with E-state index >= 15 is 0 Å². The lowest BCUT2D eigenvalue weighted by atomic mass is 9.64. The molecule has 0 radical (unpaired) electrons. The number of ketones is 3. The average molecular weight is 583 g/mol. The Bertz CT molecular complexity index is 1760. The van der Waals surface area contributed by atoms with E-state index in [0.717, 1.165) is 0 Å². The third-order valence-corrected chi connectivity index (χ3v) is 8.58. The van der Waals surface area contributed by atoms with Gasteiger partial charge in [0.15, 0.2) is 17.3 Å². The number of carbonyl (C=O) groups excluding carboxylic acids is 3. The molecule has 4 aromatic carbocycles. The van der Waals surface area contributed by atoms with Crippen LogP contribution in [0.25, 0.3) is 6.08 Å². The van der Waals surface area contributed by atoms with Gasteiger partial charge in [0.05, 0.1) is 19.6 Å². The fourth-order valence-electron chi connectivity index (χ4n) is 6.15. The van der Waals surface area contributed by atoms with Crippen LogP contribution in [0.4, 0.5) is 0 Å². The second-order valence-corrected chi connectivity index (χ2v) is 11.0. The van der Waals surface area contributed by atoms with Crippen LogP contribution in [0.2, 0.25) is 10.0 Å². The van der Waals surface area contributed by atoms with E-state index in [1.807, 2.05) is 18.2 Å². The largest absolute Gasteiger partial charge is 0.497 e. The third-order valence-electron chi connectivity index (χ3n) is 8.08. The number of Topliss-reactive ketones (excluding diaryl/α,β-unsaturated/α-hetero) is 3. The number of allylic oxidation sites excluding steroid dienone is 1. The highest BCUT2D eigenvalue weighted by atomic mass is 35.5. The number of ether oxygens (including phenoxy) is 2. The molecule has 0 N–H and O–H groups in total. The molecule has 41 heavy (non-hydrogen) atoms. The van der Waals surface area contributed by atoms with Crippen molar-refractivity contribution in [3.63, 3.8) is 0 Å². The molecule has 0 heterocycles. The molecule has 0 bridgehead atoms. The molecule has 0 saturated carbocycles. The van der Waals surface area contributed by atoms with Gasteiger partial charge < -0.3 is 9.47 Å². The summed E-state index contributed by atoms with van der Waals surface area (Å²) in [6.45, 7) is 0. The Morgan fingerprint density at radius 1 is 0.780 bits per heavy atom. The van der Waals surface area contributed by atoms with E-state index in [9.17, 15) is 14.4 Å². The molecule has 0 aromatic heterocycles. The van der Waals surface area contributed by atoms with Gasteiger partial charge >= 0.3 is 0 Å². The van der Waals surface area contributed by atoms with Crippen molar-refractivity contribution in [1.82, 2.24) is 0 Å². The second kappa shape index (κ2) is 10.3. The molecule has 1 spiro atoms. The van der Waals surface area contributed by atoms with Crippen molar-refractivity contribution in [2.75, 3.05) is 14.2 Å². The van der Waals surface area contributed by atoms with E-state index in [4.69, 9.17) is 32.7 Å². The maximum atomic E-state index is 14.7. The summed E-state index contributed by atoms with van der Waals surface area (Å²) in [5, 5.41) is 1.01. The van der Waals surface area contributed by atoms with Gasteiger partial charge in [0.1, 0.15) is 11.5 Å². The molecule has 5 nitrogen and oxygen atoms in total. The van der Waals surface area contributed by atoms with Crippen LogP contribution in [0.15, 0.2) is 90.5 Å². The zero-order chi connectivity index (χ0) is 28.9. The Morgan fingerprint density at radius 2 is 1.37 bits per heavy atom. The number of carbonyl (C=O) groups is 3. The first kappa shape index (κ1) is 27.0. The lowest BCUT2D eigenvalue weighted by Crippen LogP contribution is -2.40. The molecule has 2 aliphatic carbocycles. The Balaban J connectivity index is 1.59. The number of hydrogen-bond acceptors (Lipinski definition) is 5. The summed E-state index contributed by atoms with van der Waals surface area (Å²) in [6, 6.07) is 24.0. The first-order chi connectivity index (χ1) is 19.8. The molecule has 2 aliphatic rings. The van der Waals surface area contributed by atoms with Gasteiger partial charge in [0.2, 0.25) is 0 Å². The number of rotatable bonds is 7.